The molecule has 7 rings (SSSR count). The Balaban J connectivity index is 1.24. The van der Waals surface area contributed by atoms with E-state index in [4.69, 9.17) is 17.3 Å². The number of aliphatic imine (C=N–C) groups is 1. The van der Waals surface area contributed by atoms with Crippen LogP contribution in [0.2, 0.25) is 5.02 Å². The van der Waals surface area contributed by atoms with E-state index in [1.807, 2.05) is 71.6 Å². The summed E-state index contributed by atoms with van der Waals surface area (Å²) in [4.78, 5) is 46.6. The molecule has 43 heavy (non-hydrogen) atoms. The van der Waals surface area contributed by atoms with Gasteiger partial charge in [0.15, 0.2) is 5.17 Å². The van der Waals surface area contributed by atoms with Gasteiger partial charge in [0.2, 0.25) is 5.91 Å². The standard InChI is InChI=1S/C32H24ClN7O2S/c33-21-6-3-7-22(16-21)38-28-24-15-20(10-12-26(24)35-18-36-28)32(30(34)42)13-4-14-40(32)31-39-29(41)27(43-31)17-23-11-9-19-5-1-2-8-25(19)37-23/h1-3,5-12,15-18H,4,13-14H2,(H2,34,42)(H,35,36,38). The van der Waals surface area contributed by atoms with Crippen LogP contribution >= 0.6 is 23.4 Å². The van der Waals surface area contributed by atoms with E-state index < -0.39 is 11.4 Å². The quantitative estimate of drug-likeness (QED) is 0.233. The number of carbonyl (C=O) groups is 2. The maximum Gasteiger partial charge on any atom is 0.286 e. The Hall–Kier alpha value is -4.80. The van der Waals surface area contributed by atoms with Gasteiger partial charge in [-0.25, -0.2) is 15.0 Å². The van der Waals surface area contributed by atoms with Crippen molar-refractivity contribution < 1.29 is 9.59 Å². The summed E-state index contributed by atoms with van der Waals surface area (Å²) in [5.74, 6) is -0.329. The van der Waals surface area contributed by atoms with Gasteiger partial charge in [-0.1, -0.05) is 48.0 Å². The maximum absolute atomic E-state index is 13.4. The number of amidine groups is 1. The number of benzene rings is 3. The summed E-state index contributed by atoms with van der Waals surface area (Å²) in [5.41, 5.74) is 8.60. The Bertz CT molecular complexity index is 2010. The molecule has 3 aromatic carbocycles. The second-order valence-corrected chi connectivity index (χ2v) is 11.8. The largest absolute Gasteiger partial charge is 0.367 e. The van der Waals surface area contributed by atoms with Gasteiger partial charge in [-0.05, 0) is 78.7 Å². The molecule has 3 N–H and O–H groups in total. The summed E-state index contributed by atoms with van der Waals surface area (Å²) in [6.45, 7) is 0.514. The molecule has 11 heteroatoms. The Labute approximate surface area is 255 Å². The van der Waals surface area contributed by atoms with Crippen LogP contribution in [0.1, 0.15) is 24.1 Å². The summed E-state index contributed by atoms with van der Waals surface area (Å²) < 4.78 is 0. The molecule has 0 spiro atoms. The van der Waals surface area contributed by atoms with Crippen LogP contribution in [-0.2, 0) is 15.1 Å². The summed E-state index contributed by atoms with van der Waals surface area (Å²) >= 11 is 7.42. The molecule has 0 radical (unpaired) electrons. The molecule has 2 amide bonds. The number of fused-ring (bicyclic) bond motifs is 2. The molecule has 2 aromatic heterocycles. The van der Waals surface area contributed by atoms with E-state index in [2.05, 4.69) is 25.3 Å². The van der Waals surface area contributed by atoms with Gasteiger partial charge in [0.25, 0.3) is 5.91 Å². The number of carbonyl (C=O) groups excluding carboxylic acids is 2. The molecule has 1 atom stereocenters. The number of rotatable bonds is 5. The third kappa shape index (κ3) is 4.88. The Morgan fingerprint density at radius 1 is 1.02 bits per heavy atom. The summed E-state index contributed by atoms with van der Waals surface area (Å²) in [6.07, 6.45) is 4.38. The predicted molar refractivity (Wildman–Crippen MR) is 171 cm³/mol. The number of thioether (sulfide) groups is 1. The molecule has 0 bridgehead atoms. The van der Waals surface area contributed by atoms with Crippen LogP contribution in [0.5, 0.6) is 0 Å². The van der Waals surface area contributed by atoms with Crippen LogP contribution in [0, 0.1) is 0 Å². The number of nitrogens with two attached hydrogens (primary N) is 1. The Morgan fingerprint density at radius 2 is 1.91 bits per heavy atom. The number of likely N-dealkylation sites (tertiary alicyclic amines) is 1. The molecule has 2 aliphatic rings. The molecular formula is C32H24ClN7O2S. The van der Waals surface area contributed by atoms with Gasteiger partial charge < -0.3 is 16.0 Å². The number of primary amides is 1. The van der Waals surface area contributed by atoms with Crippen molar-refractivity contribution in [3.63, 3.8) is 0 Å². The molecule has 4 heterocycles. The van der Waals surface area contributed by atoms with Crippen LogP contribution in [-0.4, -0.2) is 43.4 Å². The van der Waals surface area contributed by atoms with E-state index in [1.165, 1.54) is 18.1 Å². The molecule has 0 aliphatic carbocycles. The maximum atomic E-state index is 13.4. The average molecular weight is 606 g/mol. The van der Waals surface area contributed by atoms with Crippen molar-refractivity contribution in [1.82, 2.24) is 19.9 Å². The van der Waals surface area contributed by atoms with E-state index in [-0.39, 0.29) is 5.91 Å². The monoisotopic (exact) mass is 605 g/mol. The first kappa shape index (κ1) is 27.1. The van der Waals surface area contributed by atoms with Crippen LogP contribution in [0.25, 0.3) is 27.9 Å². The highest BCUT2D eigenvalue weighted by Gasteiger charge is 2.50. The lowest BCUT2D eigenvalue weighted by Crippen LogP contribution is -2.52. The molecule has 9 nitrogen and oxygen atoms in total. The highest BCUT2D eigenvalue weighted by atomic mass is 35.5. The molecular weight excluding hydrogens is 582 g/mol. The van der Waals surface area contributed by atoms with Gasteiger partial charge in [0, 0.05) is 28.0 Å². The first-order valence-electron chi connectivity index (χ1n) is 13.6. The van der Waals surface area contributed by atoms with Crippen molar-refractivity contribution in [1.29, 1.82) is 0 Å². The zero-order valence-electron chi connectivity index (χ0n) is 22.7. The second kappa shape index (κ2) is 10.8. The van der Waals surface area contributed by atoms with Crippen LogP contribution < -0.4 is 11.1 Å². The van der Waals surface area contributed by atoms with Gasteiger partial charge in [0.05, 0.1) is 21.6 Å². The molecule has 5 aromatic rings. The van der Waals surface area contributed by atoms with Crippen molar-refractivity contribution >= 4 is 79.7 Å². The highest BCUT2D eigenvalue weighted by Crippen LogP contribution is 2.44. The average Bonchev–Trinajstić information content (AvgIpc) is 3.61. The second-order valence-electron chi connectivity index (χ2n) is 10.3. The SMILES string of the molecule is NC(=O)C1(c2ccc3ncnc(Nc4cccc(Cl)c4)c3c2)CCCN1C1=NC(=O)C(=Cc2ccc3ccccc3n2)S1. The number of aromatic nitrogens is 3. The topological polar surface area (TPSA) is 126 Å². The normalized spacial score (nSPS) is 19.4. The zero-order chi connectivity index (χ0) is 29.6. The van der Waals surface area contributed by atoms with Gasteiger partial charge in [-0.3, -0.25) is 9.59 Å². The van der Waals surface area contributed by atoms with Crippen molar-refractivity contribution in [3.05, 3.63) is 106 Å². The molecule has 1 fully saturated rings. The van der Waals surface area contributed by atoms with Crippen molar-refractivity contribution in [2.45, 2.75) is 18.4 Å². The lowest BCUT2D eigenvalue weighted by molar-refractivity contribution is -0.127. The smallest absolute Gasteiger partial charge is 0.286 e. The van der Waals surface area contributed by atoms with Crippen molar-refractivity contribution in [2.75, 3.05) is 11.9 Å². The number of halogens is 1. The van der Waals surface area contributed by atoms with Crippen molar-refractivity contribution in [3.8, 4) is 0 Å². The number of nitrogens with one attached hydrogen (secondary N) is 1. The lowest BCUT2D eigenvalue weighted by atomic mass is 9.86. The van der Waals surface area contributed by atoms with Gasteiger partial charge in [-0.15, -0.1) is 0 Å². The number of amides is 2. The summed E-state index contributed by atoms with van der Waals surface area (Å²) in [6, 6.07) is 24.6. The third-order valence-electron chi connectivity index (χ3n) is 7.73. The van der Waals surface area contributed by atoms with Gasteiger partial charge in [0.1, 0.15) is 17.7 Å². The number of hydrogen-bond acceptors (Lipinski definition) is 8. The lowest BCUT2D eigenvalue weighted by Gasteiger charge is -2.37. The first-order valence-corrected chi connectivity index (χ1v) is 14.8. The van der Waals surface area contributed by atoms with E-state index in [9.17, 15) is 9.59 Å². The summed E-state index contributed by atoms with van der Waals surface area (Å²) in [5, 5.41) is 6.07. The Kier molecular flexibility index (Phi) is 6.79. The molecule has 212 valence electrons. The number of para-hydroxylation sites is 1. The van der Waals surface area contributed by atoms with E-state index in [0.29, 0.717) is 62.5 Å². The van der Waals surface area contributed by atoms with E-state index >= 15 is 0 Å². The van der Waals surface area contributed by atoms with Crippen LogP contribution in [0.3, 0.4) is 0 Å². The first-order chi connectivity index (χ1) is 20.9. The number of anilines is 2. The zero-order valence-corrected chi connectivity index (χ0v) is 24.3. The van der Waals surface area contributed by atoms with Gasteiger partial charge in [-0.2, -0.15) is 4.99 Å². The Morgan fingerprint density at radius 3 is 2.77 bits per heavy atom. The molecule has 2 aliphatic heterocycles. The minimum atomic E-state index is -1.21. The molecule has 1 saturated heterocycles. The summed E-state index contributed by atoms with van der Waals surface area (Å²) in [7, 11) is 0. The van der Waals surface area contributed by atoms with Gasteiger partial charge >= 0.3 is 0 Å². The fraction of sp³-hybridized carbons (Fsp3) is 0.125. The minimum absolute atomic E-state index is 0.375. The third-order valence-corrected chi connectivity index (χ3v) is 8.97. The predicted octanol–water partition coefficient (Wildman–Crippen LogP) is 6.02. The fourth-order valence-electron chi connectivity index (χ4n) is 5.70. The minimum Gasteiger partial charge on any atom is -0.367 e. The van der Waals surface area contributed by atoms with Crippen LogP contribution in [0.4, 0.5) is 11.5 Å². The van der Waals surface area contributed by atoms with Crippen molar-refractivity contribution in [2.24, 2.45) is 10.7 Å². The fourth-order valence-corrected chi connectivity index (χ4v) is 6.89. The number of nitrogens with zero attached hydrogens (tertiary/aromatic N) is 5. The van der Waals surface area contributed by atoms with E-state index in [1.54, 1.807) is 18.2 Å². The number of pyridine rings is 1. The molecule has 1 unspecified atom stereocenters. The molecule has 0 saturated carbocycles. The highest BCUT2D eigenvalue weighted by molar-refractivity contribution is 8.18. The van der Waals surface area contributed by atoms with Crippen LogP contribution in [0.15, 0.2) is 95.1 Å². The number of hydrogen-bond donors (Lipinski definition) is 2. The van der Waals surface area contributed by atoms with E-state index in [0.717, 1.165) is 16.6 Å².